The van der Waals surface area contributed by atoms with Gasteiger partial charge in [0.2, 0.25) is 5.67 Å². The molecular weight excluding hydrogens is 1560 g/mol. The number of hydrogen-bond acceptors (Lipinski definition) is 8. The largest absolute Gasteiger partial charge is 0.490 e. The normalized spacial score (nSPS) is 13.7. The SMILES string of the molecule is CCCCC(CC)Cn1c2ccccc2c2cc(C(=O)c3ccc(N4CCCCC4)cc3)ccc21.CCN(CC)C(=O)c1ccccc1C(=O)c1ccc2c(c1)c1ccccc1n2CC.CCn1c2ccccc2c2cc(C(=O)c3ccc(N4CCCCC4)cc3)ccc21.CCn1c2ccccc2c2cc(C(=O)c3ccc(OCC(C)(F)C(F)F)cc3)ccc21. The van der Waals surface area contributed by atoms with Crippen LogP contribution in [0.25, 0.3) is 87.2 Å². The van der Waals surface area contributed by atoms with Gasteiger partial charge >= 0.3 is 0 Å². The van der Waals surface area contributed by atoms with E-state index in [0.717, 1.165) is 131 Å². The van der Waals surface area contributed by atoms with Gasteiger partial charge in [-0.25, -0.2) is 13.2 Å². The maximum absolute atomic E-state index is 13.7. The van der Waals surface area contributed by atoms with Crippen LogP contribution in [0.2, 0.25) is 0 Å². The van der Waals surface area contributed by atoms with Crippen molar-refractivity contribution in [1.29, 1.82) is 0 Å². The van der Waals surface area contributed by atoms with E-state index >= 15 is 0 Å². The van der Waals surface area contributed by atoms with E-state index in [1.165, 1.54) is 126 Å². The van der Waals surface area contributed by atoms with Gasteiger partial charge in [-0.3, -0.25) is 24.0 Å². The second kappa shape index (κ2) is 39.4. The molecule has 0 saturated carbocycles. The number of halogens is 3. The Kier molecular flexibility index (Phi) is 27.4. The molecule has 2 fully saturated rings. The number of ether oxygens (including phenoxy) is 1. The van der Waals surface area contributed by atoms with Crippen molar-refractivity contribution in [2.45, 2.75) is 158 Å². The maximum Gasteiger partial charge on any atom is 0.275 e. The number of rotatable bonds is 26. The summed E-state index contributed by atoms with van der Waals surface area (Å²) in [6.07, 6.45) is 9.52. The van der Waals surface area contributed by atoms with Crippen LogP contribution in [0.15, 0.2) is 267 Å². The number of aromatic nitrogens is 4. The van der Waals surface area contributed by atoms with Crippen LogP contribution in [0.5, 0.6) is 5.75 Å². The Hall–Kier alpha value is -12.8. The topological polar surface area (TPSA) is 124 Å². The Morgan fingerprint density at radius 2 is 0.688 bits per heavy atom. The van der Waals surface area contributed by atoms with Crippen LogP contribution in [0, 0.1) is 5.92 Å². The number of alkyl halides is 3. The third-order valence-electron chi connectivity index (χ3n) is 25.3. The average Bonchev–Trinajstić information content (AvgIpc) is 1.62. The maximum atomic E-state index is 13.7. The molecule has 2 atom stereocenters. The standard InChI is InChI=1S/C32H38N2O.C26H26N2O2.C26H26N2O.C25H22F3NO2/c1-3-5-11-24(4-2)23-34-30-13-8-7-12-28(30)29-22-26(16-19-31(29)34)32(35)25-14-17-27(18-15-25)33-20-9-6-10-21-33;1-4-27(5-2)26(30)21-13-8-7-12-20(21)25(29)18-15-16-24-22(17-18)19-11-9-10-14-23(19)28(24)6-3;1-2-28-24-9-5-4-8-22(24)23-18-20(12-15-25(23)28)26(29)19-10-13-21(14-11-19)27-16-6-3-7-17-27;1-3-29-21-7-5-4-6-19(21)20-14-17(10-13-22(20)29)23(30)16-8-11-18(12-9-16)31-15-25(2,28)24(26)27/h7-8,12-19,22,24H,3-6,9-11,20-21,23H2,1-2H3;7-17H,4-6H2,1-3H3;4-5,8-15,18H,2-3,6-7,16-17H2,1H3;4-14,24H,3,15H2,1-2H3. The predicted octanol–water partition coefficient (Wildman–Crippen LogP) is 26.2. The minimum Gasteiger partial charge on any atom is -0.490 e. The summed E-state index contributed by atoms with van der Waals surface area (Å²) in [5.74, 6) is 0.698. The molecule has 6 heterocycles. The number of amides is 1. The van der Waals surface area contributed by atoms with Gasteiger partial charge in [-0.05, 0) is 268 Å². The molecule has 2 unspecified atom stereocenters. The van der Waals surface area contributed by atoms with Crippen molar-refractivity contribution in [3.63, 3.8) is 0 Å². The Morgan fingerprint density at radius 3 is 1.04 bits per heavy atom. The molecule has 13 nitrogen and oxygen atoms in total. The second-order valence-corrected chi connectivity index (χ2v) is 33.2. The molecule has 2 aliphatic rings. The van der Waals surface area contributed by atoms with Crippen molar-refractivity contribution in [3.05, 3.63) is 317 Å². The molecule has 0 spiro atoms. The van der Waals surface area contributed by atoms with Crippen molar-refractivity contribution in [1.82, 2.24) is 23.2 Å². The van der Waals surface area contributed by atoms with Gasteiger partial charge in [-0.1, -0.05) is 124 Å². The zero-order chi connectivity index (χ0) is 87.4. The quantitative estimate of drug-likeness (QED) is 0.0491. The van der Waals surface area contributed by atoms with Gasteiger partial charge < -0.3 is 37.7 Å². The number of carbonyl (C=O) groups excluding carboxylic acids is 5. The number of unbranched alkanes of at least 4 members (excludes halogenated alkanes) is 1. The van der Waals surface area contributed by atoms with Crippen LogP contribution in [-0.2, 0) is 26.2 Å². The summed E-state index contributed by atoms with van der Waals surface area (Å²) in [7, 11) is 0. The minimum atomic E-state index is -3.14. The molecule has 640 valence electrons. The number of anilines is 2. The van der Waals surface area contributed by atoms with E-state index in [1.54, 1.807) is 35.2 Å². The van der Waals surface area contributed by atoms with E-state index in [2.05, 4.69) is 178 Å². The first-order chi connectivity index (χ1) is 60.9. The van der Waals surface area contributed by atoms with Crippen molar-refractivity contribution >= 4 is 128 Å². The Bertz CT molecular complexity index is 6560. The Labute approximate surface area is 730 Å². The highest BCUT2D eigenvalue weighted by molar-refractivity contribution is 6.20. The van der Waals surface area contributed by atoms with Gasteiger partial charge in [0.15, 0.2) is 23.1 Å². The fraction of sp³-hybridized carbons (Fsp3) is 0.294. The monoisotopic (exact) mass is 1670 g/mol. The molecule has 4 aromatic heterocycles. The summed E-state index contributed by atoms with van der Waals surface area (Å²) in [5.41, 5.74) is 14.6. The van der Waals surface area contributed by atoms with Gasteiger partial charge in [0, 0.05) is 209 Å². The molecule has 0 N–H and O–H groups in total. The third-order valence-corrected chi connectivity index (χ3v) is 25.3. The highest BCUT2D eigenvalue weighted by Gasteiger charge is 2.36. The molecule has 0 radical (unpaired) electrons. The molecule has 18 rings (SSSR count). The van der Waals surface area contributed by atoms with Crippen LogP contribution in [0.4, 0.5) is 24.5 Å². The van der Waals surface area contributed by atoms with Gasteiger partial charge in [-0.2, -0.15) is 0 Å². The summed E-state index contributed by atoms with van der Waals surface area (Å²) >= 11 is 0. The minimum absolute atomic E-state index is 0.0884. The van der Waals surface area contributed by atoms with Crippen LogP contribution in [-0.4, -0.2) is 110 Å². The number of para-hydroxylation sites is 4. The van der Waals surface area contributed by atoms with E-state index in [0.29, 0.717) is 46.8 Å². The zero-order valence-corrected chi connectivity index (χ0v) is 73.1. The van der Waals surface area contributed by atoms with Crippen molar-refractivity contribution in [2.75, 3.05) is 55.7 Å². The van der Waals surface area contributed by atoms with Gasteiger partial charge in [0.05, 0.1) is 5.56 Å². The zero-order valence-electron chi connectivity index (χ0n) is 73.1. The van der Waals surface area contributed by atoms with Crippen molar-refractivity contribution in [3.8, 4) is 5.75 Å². The lowest BCUT2D eigenvalue weighted by Crippen LogP contribution is -2.35. The van der Waals surface area contributed by atoms with Gasteiger partial charge in [0.25, 0.3) is 12.3 Å². The first-order valence-electron chi connectivity index (χ1n) is 44.9. The number of carbonyl (C=O) groups is 5. The smallest absolute Gasteiger partial charge is 0.275 e. The Morgan fingerprint density at radius 1 is 0.368 bits per heavy atom. The molecule has 0 aliphatic carbocycles. The van der Waals surface area contributed by atoms with E-state index in [9.17, 15) is 37.1 Å². The number of fused-ring (bicyclic) bond motifs is 12. The van der Waals surface area contributed by atoms with Crippen molar-refractivity contribution < 1.29 is 41.9 Å². The van der Waals surface area contributed by atoms with Gasteiger partial charge in [0.1, 0.15) is 12.4 Å². The van der Waals surface area contributed by atoms with Crippen LogP contribution >= 0.6 is 0 Å². The lowest BCUT2D eigenvalue weighted by Gasteiger charge is -2.28. The molecule has 2 saturated heterocycles. The number of ketones is 4. The van der Waals surface area contributed by atoms with Crippen molar-refractivity contribution in [2.24, 2.45) is 5.92 Å². The van der Waals surface area contributed by atoms with Crippen LogP contribution in [0.1, 0.15) is 194 Å². The molecule has 2 aliphatic heterocycles. The molecule has 16 aromatic rings. The number of piperidine rings is 2. The highest BCUT2D eigenvalue weighted by atomic mass is 19.3. The fourth-order valence-electron chi connectivity index (χ4n) is 18.3. The lowest BCUT2D eigenvalue weighted by atomic mass is 9.96. The average molecular weight is 1670 g/mol. The molecule has 0 bridgehead atoms. The number of nitrogens with zero attached hydrogens (tertiary/aromatic N) is 7. The molecule has 16 heteroatoms. The van der Waals surface area contributed by atoms with E-state index in [4.69, 9.17) is 4.74 Å². The summed E-state index contributed by atoms with van der Waals surface area (Å²) in [5, 5.41) is 9.08. The summed E-state index contributed by atoms with van der Waals surface area (Å²) < 4.78 is 53.3. The van der Waals surface area contributed by atoms with E-state index in [1.807, 2.05) is 123 Å². The number of hydrogen-bond donors (Lipinski definition) is 0. The molecule has 125 heavy (non-hydrogen) atoms. The Balaban J connectivity index is 0.000000129. The highest BCUT2D eigenvalue weighted by Crippen LogP contribution is 2.38. The summed E-state index contributed by atoms with van der Waals surface area (Å²) in [4.78, 5) is 72.6. The summed E-state index contributed by atoms with van der Waals surface area (Å²) in [6.45, 7) is 24.2. The van der Waals surface area contributed by atoms with Crippen LogP contribution < -0.4 is 14.5 Å². The van der Waals surface area contributed by atoms with Gasteiger partial charge in [-0.15, -0.1) is 0 Å². The molecule has 1 amide bonds. The van der Waals surface area contributed by atoms with E-state index < -0.39 is 18.7 Å². The lowest BCUT2D eigenvalue weighted by molar-refractivity contribution is -0.0482. The molecule has 12 aromatic carbocycles. The van der Waals surface area contributed by atoms with Crippen LogP contribution in [0.3, 0.4) is 0 Å². The first-order valence-corrected chi connectivity index (χ1v) is 44.9. The summed E-state index contributed by atoms with van der Waals surface area (Å²) in [6, 6.07) is 86.9. The fourth-order valence-corrected chi connectivity index (χ4v) is 18.3. The second-order valence-electron chi connectivity index (χ2n) is 33.2. The van der Waals surface area contributed by atoms with E-state index in [-0.39, 0.29) is 34.8 Å². The number of aryl methyl sites for hydroxylation is 3. The predicted molar refractivity (Wildman–Crippen MR) is 508 cm³/mol. The first kappa shape index (κ1) is 87.1. The third kappa shape index (κ3) is 18.4. The number of benzene rings is 12. The molecular formula is C109H112F3N7O6.